The van der Waals surface area contributed by atoms with Gasteiger partial charge in [0.25, 0.3) is 0 Å². The van der Waals surface area contributed by atoms with Crippen LogP contribution in [0.3, 0.4) is 0 Å². The molecule has 0 aromatic heterocycles. The van der Waals surface area contributed by atoms with Crippen LogP contribution in [0.25, 0.3) is 0 Å². The topological polar surface area (TPSA) is 34.1 Å². The molecule has 0 aliphatic rings. The van der Waals surface area contributed by atoms with Gasteiger partial charge in [-0.1, -0.05) is 13.8 Å². The van der Waals surface area contributed by atoms with Crippen molar-refractivity contribution in [2.75, 3.05) is 6.26 Å². The lowest BCUT2D eigenvalue weighted by molar-refractivity contribution is 0.512. The summed E-state index contributed by atoms with van der Waals surface area (Å²) >= 11 is 0. The first-order valence-corrected chi connectivity index (χ1v) is 5.46. The monoisotopic (exact) mass is 164 g/mol. The Hall–Kier alpha value is -0.0500. The minimum absolute atomic E-state index is 0.507. The third-order valence-corrected chi connectivity index (χ3v) is 4.76. The molecule has 10 heavy (non-hydrogen) atoms. The van der Waals surface area contributed by atoms with E-state index in [-0.39, 0.29) is 0 Å². The van der Waals surface area contributed by atoms with Crippen molar-refractivity contribution >= 4 is 9.84 Å². The molecule has 0 aromatic rings. The minimum Gasteiger partial charge on any atom is -0.229 e. The largest absolute Gasteiger partial charge is 0.229 e. The maximum Gasteiger partial charge on any atom is 0.152 e. The molecule has 0 amide bonds. The Morgan fingerprint density at radius 2 is 1.50 bits per heavy atom. The van der Waals surface area contributed by atoms with Gasteiger partial charge in [0, 0.05) is 6.26 Å². The molecule has 0 fully saturated rings. The Balaban J connectivity index is 4.68. The molecule has 0 heterocycles. The molecule has 0 aliphatic heterocycles. The van der Waals surface area contributed by atoms with Crippen LogP contribution in [0.5, 0.6) is 0 Å². The number of hydrogen-bond donors (Lipinski definition) is 0. The van der Waals surface area contributed by atoms with Crippen LogP contribution in [0.4, 0.5) is 0 Å². The summed E-state index contributed by atoms with van der Waals surface area (Å²) in [5.74, 6) is 0. The lowest BCUT2D eigenvalue weighted by Crippen LogP contribution is -2.32. The molecule has 0 atom stereocenters. The first-order chi connectivity index (χ1) is 4.37. The SMILES string of the molecule is CCC(C)(CC)S(C)(=O)=O. The predicted molar refractivity (Wildman–Crippen MR) is 43.8 cm³/mol. The highest BCUT2D eigenvalue weighted by Gasteiger charge is 2.31. The summed E-state index contributed by atoms with van der Waals surface area (Å²) in [7, 11) is -2.86. The summed E-state index contributed by atoms with van der Waals surface area (Å²) in [6.07, 6.45) is 2.70. The highest BCUT2D eigenvalue weighted by Crippen LogP contribution is 2.23. The maximum absolute atomic E-state index is 11.1. The number of rotatable bonds is 3. The van der Waals surface area contributed by atoms with E-state index in [0.29, 0.717) is 12.8 Å². The fourth-order valence-electron chi connectivity index (χ4n) is 0.774. The minimum atomic E-state index is -2.86. The lowest BCUT2D eigenvalue weighted by Gasteiger charge is -2.23. The Kier molecular flexibility index (Phi) is 2.89. The van der Waals surface area contributed by atoms with Crippen molar-refractivity contribution in [3.8, 4) is 0 Å². The second-order valence-corrected chi connectivity index (χ2v) is 5.46. The van der Waals surface area contributed by atoms with Gasteiger partial charge in [0.2, 0.25) is 0 Å². The average molecular weight is 164 g/mol. The number of hydrogen-bond acceptors (Lipinski definition) is 2. The van der Waals surface area contributed by atoms with E-state index in [4.69, 9.17) is 0 Å². The first kappa shape index (κ1) is 9.95. The van der Waals surface area contributed by atoms with Gasteiger partial charge in [-0.3, -0.25) is 0 Å². The zero-order valence-corrected chi connectivity index (χ0v) is 7.96. The molecule has 0 radical (unpaired) electrons. The fraction of sp³-hybridized carbons (Fsp3) is 1.00. The van der Waals surface area contributed by atoms with Gasteiger partial charge in [0.05, 0.1) is 4.75 Å². The maximum atomic E-state index is 11.1. The van der Waals surface area contributed by atoms with Crippen molar-refractivity contribution in [2.24, 2.45) is 0 Å². The van der Waals surface area contributed by atoms with E-state index in [1.54, 1.807) is 6.92 Å². The van der Waals surface area contributed by atoms with Crippen LogP contribution in [-0.2, 0) is 9.84 Å². The predicted octanol–water partition coefficient (Wildman–Crippen LogP) is 1.61. The van der Waals surface area contributed by atoms with Crippen LogP contribution in [0.15, 0.2) is 0 Å². The molecule has 0 N–H and O–H groups in total. The third-order valence-electron chi connectivity index (χ3n) is 2.39. The van der Waals surface area contributed by atoms with E-state index in [2.05, 4.69) is 0 Å². The van der Waals surface area contributed by atoms with Crippen LogP contribution in [-0.4, -0.2) is 19.4 Å². The van der Waals surface area contributed by atoms with Crippen molar-refractivity contribution in [3.05, 3.63) is 0 Å². The fourth-order valence-corrected chi connectivity index (χ4v) is 1.82. The van der Waals surface area contributed by atoms with Gasteiger partial charge in [-0.15, -0.1) is 0 Å². The molecule has 0 saturated carbocycles. The molecular formula is C7H16O2S. The van der Waals surface area contributed by atoms with Gasteiger partial charge in [0.15, 0.2) is 9.84 Å². The van der Waals surface area contributed by atoms with Crippen LogP contribution in [0.2, 0.25) is 0 Å². The molecule has 3 heteroatoms. The second-order valence-electron chi connectivity index (χ2n) is 2.93. The average Bonchev–Trinajstić information content (AvgIpc) is 1.84. The van der Waals surface area contributed by atoms with E-state index in [0.717, 1.165) is 0 Å². The summed E-state index contributed by atoms with van der Waals surface area (Å²) < 4.78 is 21.7. The van der Waals surface area contributed by atoms with E-state index < -0.39 is 14.6 Å². The lowest BCUT2D eigenvalue weighted by atomic mass is 10.1. The molecule has 0 spiro atoms. The Bertz CT molecular complexity index is 188. The quantitative estimate of drug-likeness (QED) is 0.635. The zero-order chi connectivity index (χ0) is 8.41. The Labute approximate surface area is 63.6 Å². The van der Waals surface area contributed by atoms with Gasteiger partial charge < -0.3 is 0 Å². The second kappa shape index (κ2) is 2.91. The molecule has 0 bridgehead atoms. The van der Waals surface area contributed by atoms with E-state index >= 15 is 0 Å². The van der Waals surface area contributed by atoms with Crippen molar-refractivity contribution < 1.29 is 8.42 Å². The normalized spacial score (nSPS) is 13.6. The molecule has 2 nitrogen and oxygen atoms in total. The van der Waals surface area contributed by atoms with Crippen LogP contribution >= 0.6 is 0 Å². The van der Waals surface area contributed by atoms with Crippen molar-refractivity contribution in [3.63, 3.8) is 0 Å². The van der Waals surface area contributed by atoms with Crippen LogP contribution < -0.4 is 0 Å². The molecule has 0 rings (SSSR count). The molecule has 0 saturated heterocycles. The van der Waals surface area contributed by atoms with Crippen LogP contribution in [0.1, 0.15) is 33.6 Å². The molecule has 0 aliphatic carbocycles. The summed E-state index contributed by atoms with van der Waals surface area (Å²) in [5, 5.41) is 0. The molecular weight excluding hydrogens is 148 g/mol. The van der Waals surface area contributed by atoms with Gasteiger partial charge in [-0.05, 0) is 19.8 Å². The summed E-state index contributed by atoms with van der Waals surface area (Å²) in [4.78, 5) is 0. The van der Waals surface area contributed by atoms with Crippen molar-refractivity contribution in [1.82, 2.24) is 0 Å². The Morgan fingerprint density at radius 3 is 1.50 bits per heavy atom. The van der Waals surface area contributed by atoms with Gasteiger partial charge >= 0.3 is 0 Å². The van der Waals surface area contributed by atoms with Gasteiger partial charge in [-0.2, -0.15) is 0 Å². The summed E-state index contributed by atoms with van der Waals surface area (Å²) in [6, 6.07) is 0. The highest BCUT2D eigenvalue weighted by atomic mass is 32.2. The summed E-state index contributed by atoms with van der Waals surface area (Å²) in [5.41, 5.74) is 0. The van der Waals surface area contributed by atoms with Crippen molar-refractivity contribution in [1.29, 1.82) is 0 Å². The highest BCUT2D eigenvalue weighted by molar-refractivity contribution is 7.92. The summed E-state index contributed by atoms with van der Waals surface area (Å²) in [6.45, 7) is 5.61. The zero-order valence-electron chi connectivity index (χ0n) is 7.14. The van der Waals surface area contributed by atoms with E-state index in [9.17, 15) is 8.42 Å². The molecule has 0 unspecified atom stereocenters. The first-order valence-electron chi connectivity index (χ1n) is 3.57. The Morgan fingerprint density at radius 1 is 1.20 bits per heavy atom. The standard InChI is InChI=1S/C7H16O2S/c1-5-7(3,6-2)10(4,8)9/h5-6H2,1-4H3. The van der Waals surface area contributed by atoms with E-state index in [1.807, 2.05) is 13.8 Å². The molecule has 0 aromatic carbocycles. The molecule has 62 valence electrons. The van der Waals surface area contributed by atoms with Gasteiger partial charge in [-0.25, -0.2) is 8.42 Å². The van der Waals surface area contributed by atoms with E-state index in [1.165, 1.54) is 6.26 Å². The third kappa shape index (κ3) is 1.72. The van der Waals surface area contributed by atoms with Crippen molar-refractivity contribution in [2.45, 2.75) is 38.4 Å². The number of sulfone groups is 1. The smallest absolute Gasteiger partial charge is 0.152 e. The van der Waals surface area contributed by atoms with Crippen LogP contribution in [0, 0.1) is 0 Å². The van der Waals surface area contributed by atoms with Gasteiger partial charge in [0.1, 0.15) is 0 Å².